The van der Waals surface area contributed by atoms with Gasteiger partial charge in [0.1, 0.15) is 13.2 Å². The van der Waals surface area contributed by atoms with E-state index in [1.165, 1.54) is 7.11 Å². The summed E-state index contributed by atoms with van der Waals surface area (Å²) in [4.78, 5) is 34.5. The van der Waals surface area contributed by atoms with Crippen molar-refractivity contribution in [1.29, 1.82) is 0 Å². The summed E-state index contributed by atoms with van der Waals surface area (Å²) in [7, 11) is 2.35. The number of carbonyl (C=O) groups is 2. The first-order valence-electron chi connectivity index (χ1n) is 8.21. The Morgan fingerprint density at radius 3 is 2.23 bits per heavy atom. The number of benzene rings is 1. The van der Waals surface area contributed by atoms with Gasteiger partial charge in [-0.25, -0.2) is 14.0 Å². The average Bonchev–Trinajstić information content (AvgIpc) is 2.77. The minimum absolute atomic E-state index is 0.0129. The number of nitrogens with zero attached hydrogens (tertiary/aromatic N) is 2. The topological polar surface area (TPSA) is 147 Å². The molecular formula is C18H19FN2O9. The SMILES string of the molecule is COC(=O)CO.COC(=O)COc1nc(OCc2ccccc2)c(F)cc1[N+](=O)[O-]. The standard InChI is InChI=1S/C15H13FN2O6.C3H6O3/c1-22-13(19)9-24-15-12(18(20)21)7-11(16)14(17-15)23-8-10-5-3-2-4-6-10;1-6-3(5)2-4/h2-7H,8-9H2,1H3;4H,2H2,1H3. The van der Waals surface area contributed by atoms with Crippen LogP contribution in [0.1, 0.15) is 5.56 Å². The molecule has 0 fully saturated rings. The lowest BCUT2D eigenvalue weighted by atomic mass is 10.2. The molecule has 162 valence electrons. The maximum atomic E-state index is 13.9. The zero-order chi connectivity index (χ0) is 22.5. The molecular weight excluding hydrogens is 407 g/mol. The Hall–Kier alpha value is -3.80. The highest BCUT2D eigenvalue weighted by Gasteiger charge is 2.23. The predicted octanol–water partition coefficient (Wildman–Crippen LogP) is 1.41. The highest BCUT2D eigenvalue weighted by Crippen LogP contribution is 2.30. The molecule has 2 rings (SSSR count). The van der Waals surface area contributed by atoms with E-state index < -0.39 is 53.3 Å². The average molecular weight is 426 g/mol. The third-order valence-corrected chi connectivity index (χ3v) is 3.22. The van der Waals surface area contributed by atoms with Crippen LogP contribution in [-0.2, 0) is 25.7 Å². The fraction of sp³-hybridized carbons (Fsp3) is 0.278. The normalized spacial score (nSPS) is 9.60. The molecule has 1 aromatic carbocycles. The number of esters is 2. The summed E-state index contributed by atoms with van der Waals surface area (Å²) in [6, 6.07) is 9.52. The number of aliphatic hydroxyl groups excluding tert-OH is 1. The lowest BCUT2D eigenvalue weighted by Gasteiger charge is -2.09. The second kappa shape index (κ2) is 12.6. The van der Waals surface area contributed by atoms with Gasteiger partial charge in [0.05, 0.1) is 25.2 Å². The van der Waals surface area contributed by atoms with Crippen molar-refractivity contribution >= 4 is 17.6 Å². The van der Waals surface area contributed by atoms with Gasteiger partial charge in [-0.3, -0.25) is 10.1 Å². The smallest absolute Gasteiger partial charge is 0.343 e. The van der Waals surface area contributed by atoms with Crippen LogP contribution in [0, 0.1) is 15.9 Å². The molecule has 1 N–H and O–H groups in total. The van der Waals surface area contributed by atoms with Crippen molar-refractivity contribution in [1.82, 2.24) is 4.98 Å². The molecule has 0 aliphatic heterocycles. The molecule has 1 heterocycles. The molecule has 12 heteroatoms. The van der Waals surface area contributed by atoms with E-state index >= 15 is 0 Å². The van der Waals surface area contributed by atoms with Gasteiger partial charge in [-0.05, 0) is 5.56 Å². The summed E-state index contributed by atoms with van der Waals surface area (Å²) >= 11 is 0. The second-order valence-electron chi connectivity index (χ2n) is 5.23. The molecule has 0 spiro atoms. The van der Waals surface area contributed by atoms with Crippen molar-refractivity contribution in [2.75, 3.05) is 27.4 Å². The van der Waals surface area contributed by atoms with E-state index in [1.54, 1.807) is 24.3 Å². The number of halogens is 1. The van der Waals surface area contributed by atoms with E-state index in [0.717, 1.165) is 12.7 Å². The number of pyridine rings is 1. The number of hydrogen-bond donors (Lipinski definition) is 1. The zero-order valence-corrected chi connectivity index (χ0v) is 16.1. The number of rotatable bonds is 8. The Morgan fingerprint density at radius 2 is 1.73 bits per heavy atom. The molecule has 0 saturated heterocycles. The summed E-state index contributed by atoms with van der Waals surface area (Å²) in [6.07, 6.45) is 0. The molecule has 30 heavy (non-hydrogen) atoms. The van der Waals surface area contributed by atoms with Crippen LogP contribution in [0.5, 0.6) is 11.8 Å². The zero-order valence-electron chi connectivity index (χ0n) is 16.1. The highest BCUT2D eigenvalue weighted by atomic mass is 19.1. The van der Waals surface area contributed by atoms with Crippen LogP contribution < -0.4 is 9.47 Å². The monoisotopic (exact) mass is 426 g/mol. The fourth-order valence-electron chi connectivity index (χ4n) is 1.76. The molecule has 0 radical (unpaired) electrons. The molecule has 0 saturated carbocycles. The number of aromatic nitrogens is 1. The minimum Gasteiger partial charge on any atom is -0.471 e. The Kier molecular flexibility index (Phi) is 10.2. The van der Waals surface area contributed by atoms with E-state index in [-0.39, 0.29) is 6.61 Å². The first kappa shape index (κ1) is 24.2. The highest BCUT2D eigenvalue weighted by molar-refractivity contribution is 5.71. The minimum atomic E-state index is -1.01. The number of hydrogen-bond acceptors (Lipinski definition) is 10. The summed E-state index contributed by atoms with van der Waals surface area (Å²) in [5.41, 5.74) is 0.0394. The first-order valence-corrected chi connectivity index (χ1v) is 8.21. The molecule has 0 aliphatic rings. The Labute approximate surface area is 170 Å². The van der Waals surface area contributed by atoms with Gasteiger partial charge in [-0.2, -0.15) is 4.98 Å². The number of methoxy groups -OCH3 is 2. The van der Waals surface area contributed by atoms with Crippen LogP contribution in [0.3, 0.4) is 0 Å². The fourth-order valence-corrected chi connectivity index (χ4v) is 1.76. The molecule has 0 unspecified atom stereocenters. The number of carbonyl (C=O) groups excluding carboxylic acids is 2. The van der Waals surface area contributed by atoms with Crippen LogP contribution in [0.25, 0.3) is 0 Å². The van der Waals surface area contributed by atoms with Crippen LogP contribution in [-0.4, -0.2) is 54.4 Å². The molecule has 11 nitrogen and oxygen atoms in total. The summed E-state index contributed by atoms with van der Waals surface area (Å²) in [5.74, 6) is -3.38. The largest absolute Gasteiger partial charge is 0.471 e. The van der Waals surface area contributed by atoms with E-state index in [0.29, 0.717) is 6.07 Å². The van der Waals surface area contributed by atoms with E-state index in [1.807, 2.05) is 6.07 Å². The Morgan fingerprint density at radius 1 is 1.10 bits per heavy atom. The molecule has 2 aromatic rings. The van der Waals surface area contributed by atoms with Crippen LogP contribution in [0.4, 0.5) is 10.1 Å². The van der Waals surface area contributed by atoms with E-state index in [4.69, 9.17) is 14.6 Å². The lowest BCUT2D eigenvalue weighted by Crippen LogP contribution is -2.14. The van der Waals surface area contributed by atoms with E-state index in [9.17, 15) is 24.1 Å². The van der Waals surface area contributed by atoms with Gasteiger partial charge < -0.3 is 24.1 Å². The summed E-state index contributed by atoms with van der Waals surface area (Å²) < 4.78 is 32.4. The van der Waals surface area contributed by atoms with Crippen molar-refractivity contribution in [3.05, 3.63) is 57.9 Å². The summed E-state index contributed by atoms with van der Waals surface area (Å²) in [6.45, 7) is -1.12. The van der Waals surface area contributed by atoms with Crippen molar-refractivity contribution in [3.8, 4) is 11.8 Å². The van der Waals surface area contributed by atoms with E-state index in [2.05, 4.69) is 14.5 Å². The molecule has 1 aromatic heterocycles. The predicted molar refractivity (Wildman–Crippen MR) is 98.2 cm³/mol. The molecule has 0 amide bonds. The maximum absolute atomic E-state index is 13.9. The van der Waals surface area contributed by atoms with Gasteiger partial charge in [0.15, 0.2) is 12.4 Å². The van der Waals surface area contributed by atoms with Gasteiger partial charge >= 0.3 is 17.6 Å². The van der Waals surface area contributed by atoms with Crippen molar-refractivity contribution < 1.29 is 43.0 Å². The van der Waals surface area contributed by atoms with Crippen LogP contribution >= 0.6 is 0 Å². The second-order valence-corrected chi connectivity index (χ2v) is 5.23. The number of aliphatic hydroxyl groups is 1. The van der Waals surface area contributed by atoms with Crippen LogP contribution in [0.2, 0.25) is 0 Å². The van der Waals surface area contributed by atoms with Crippen LogP contribution in [0.15, 0.2) is 36.4 Å². The molecule has 0 aliphatic carbocycles. The van der Waals surface area contributed by atoms with Gasteiger partial charge in [-0.1, -0.05) is 30.3 Å². The van der Waals surface area contributed by atoms with Crippen molar-refractivity contribution in [2.45, 2.75) is 6.61 Å². The molecule has 0 atom stereocenters. The quantitative estimate of drug-likeness (QED) is 0.373. The van der Waals surface area contributed by atoms with Crippen molar-refractivity contribution in [2.24, 2.45) is 0 Å². The number of ether oxygens (including phenoxy) is 4. The lowest BCUT2D eigenvalue weighted by molar-refractivity contribution is -0.386. The Bertz CT molecular complexity index is 856. The summed E-state index contributed by atoms with van der Waals surface area (Å²) in [5, 5.41) is 18.8. The third-order valence-electron chi connectivity index (χ3n) is 3.22. The van der Waals surface area contributed by atoms with Gasteiger partial charge in [0.2, 0.25) is 0 Å². The first-order chi connectivity index (χ1) is 14.3. The third kappa shape index (κ3) is 8.06. The molecule has 0 bridgehead atoms. The maximum Gasteiger partial charge on any atom is 0.343 e. The van der Waals surface area contributed by atoms with Gasteiger partial charge in [0, 0.05) is 0 Å². The van der Waals surface area contributed by atoms with Gasteiger partial charge in [-0.15, -0.1) is 0 Å². The van der Waals surface area contributed by atoms with Gasteiger partial charge in [0.25, 0.3) is 11.8 Å². The number of nitro groups is 1. The van der Waals surface area contributed by atoms with Crippen molar-refractivity contribution in [3.63, 3.8) is 0 Å². The Balaban J connectivity index is 0.000000656.